The molecule has 0 bridgehead atoms. The number of amides is 4. The Morgan fingerprint density at radius 3 is 2.40 bits per heavy atom. The minimum Gasteiger partial charge on any atom is -0.444 e. The van der Waals surface area contributed by atoms with E-state index in [1.807, 2.05) is 54.6 Å². The number of anilines is 1. The summed E-state index contributed by atoms with van der Waals surface area (Å²) in [6.07, 6.45) is -1.25. The monoisotopic (exact) mass is 573 g/mol. The Kier molecular flexibility index (Phi) is 8.62. The van der Waals surface area contributed by atoms with Gasteiger partial charge in [-0.05, 0) is 43.9 Å². The highest BCUT2D eigenvalue weighted by Crippen LogP contribution is 2.46. The minimum absolute atomic E-state index is 0.0266. The number of alkyl carbamates (subject to hydrolysis) is 1. The molecule has 1 fully saturated rings. The molecular formula is C32H39N5O5. The number of para-hydroxylation sites is 1. The summed E-state index contributed by atoms with van der Waals surface area (Å²) < 4.78 is 5.39. The summed E-state index contributed by atoms with van der Waals surface area (Å²) in [6.45, 7) is 16.7. The van der Waals surface area contributed by atoms with Gasteiger partial charge in [-0.2, -0.15) is 0 Å². The molecule has 2 heterocycles. The molecule has 2 N–H and O–H groups in total. The topological polar surface area (TPSA) is 112 Å². The van der Waals surface area contributed by atoms with E-state index in [-0.39, 0.29) is 31.2 Å². The number of fused-ring (bicyclic) bond motifs is 2. The first-order chi connectivity index (χ1) is 19.8. The van der Waals surface area contributed by atoms with Gasteiger partial charge in [0, 0.05) is 25.7 Å². The summed E-state index contributed by atoms with van der Waals surface area (Å²) in [4.78, 5) is 60.7. The van der Waals surface area contributed by atoms with Crippen molar-refractivity contribution in [1.82, 2.24) is 15.1 Å². The summed E-state index contributed by atoms with van der Waals surface area (Å²) in [6, 6.07) is 14.7. The van der Waals surface area contributed by atoms with Crippen molar-refractivity contribution >= 4 is 29.5 Å². The second kappa shape index (κ2) is 11.8. The van der Waals surface area contributed by atoms with Gasteiger partial charge in [-0.25, -0.2) is 11.4 Å². The van der Waals surface area contributed by atoms with Crippen LogP contribution in [-0.2, 0) is 31.0 Å². The van der Waals surface area contributed by atoms with Crippen molar-refractivity contribution in [2.45, 2.75) is 76.7 Å². The number of ether oxygens (including phenoxy) is 1. The van der Waals surface area contributed by atoms with E-state index in [1.165, 1.54) is 16.8 Å². The lowest BCUT2D eigenvalue weighted by atomic mass is 9.80. The van der Waals surface area contributed by atoms with Gasteiger partial charge in [-0.3, -0.25) is 24.1 Å². The van der Waals surface area contributed by atoms with Crippen molar-refractivity contribution in [1.29, 1.82) is 0 Å². The molecule has 2 aliphatic heterocycles. The molecule has 4 amide bonds. The van der Waals surface area contributed by atoms with Crippen LogP contribution >= 0.6 is 0 Å². The van der Waals surface area contributed by atoms with Crippen LogP contribution < -0.4 is 10.6 Å². The number of carbonyl (C=O) groups excluding carboxylic acids is 4. The number of rotatable bonds is 7. The Bertz CT molecular complexity index is 1400. The molecule has 0 aromatic heterocycles. The van der Waals surface area contributed by atoms with Crippen LogP contribution in [0.2, 0.25) is 0 Å². The highest BCUT2D eigenvalue weighted by molar-refractivity contribution is 6.07. The smallest absolute Gasteiger partial charge is 0.408 e. The molecule has 2 aliphatic rings. The van der Waals surface area contributed by atoms with Crippen molar-refractivity contribution in [2.75, 3.05) is 18.9 Å². The number of nitrogens with one attached hydrogen (secondary N) is 2. The summed E-state index contributed by atoms with van der Waals surface area (Å²) in [5, 5.41) is 5.59. The maximum Gasteiger partial charge on any atom is 0.408 e. The number of hydrogen-bond acceptors (Lipinski definition) is 5. The second-order valence-electron chi connectivity index (χ2n) is 12.4. The molecule has 222 valence electrons. The molecule has 0 saturated carbocycles. The maximum atomic E-state index is 14.4. The van der Waals surface area contributed by atoms with E-state index < -0.39 is 47.2 Å². The van der Waals surface area contributed by atoms with Crippen LogP contribution in [0, 0.1) is 12.5 Å². The van der Waals surface area contributed by atoms with Gasteiger partial charge >= 0.3 is 12.3 Å². The van der Waals surface area contributed by atoms with Gasteiger partial charge in [0.25, 0.3) is 5.91 Å². The summed E-state index contributed by atoms with van der Waals surface area (Å²) in [5.41, 5.74) is 0.484. The summed E-state index contributed by atoms with van der Waals surface area (Å²) in [5.74, 6) is -1.42. The maximum absolute atomic E-state index is 14.4. The molecule has 10 heteroatoms. The zero-order chi connectivity index (χ0) is 30.8. The second-order valence-corrected chi connectivity index (χ2v) is 12.4. The third-order valence-corrected chi connectivity index (χ3v) is 7.87. The van der Waals surface area contributed by atoms with Crippen LogP contribution in [-0.4, -0.2) is 71.1 Å². The van der Waals surface area contributed by atoms with Crippen LogP contribution in [0.4, 0.5) is 10.5 Å². The molecule has 4 atom stereocenters. The molecular weight excluding hydrogens is 534 g/mol. The number of likely N-dealkylation sites (tertiary alicyclic amines) is 1. The number of benzene rings is 2. The van der Waals surface area contributed by atoms with E-state index in [9.17, 15) is 19.2 Å². The first kappa shape index (κ1) is 30.6. The number of hydrogen-bond donors (Lipinski definition) is 2. The molecule has 1 saturated heterocycles. The van der Waals surface area contributed by atoms with Crippen molar-refractivity contribution in [3.8, 4) is 0 Å². The Hall–Kier alpha value is -4.39. The highest BCUT2D eigenvalue weighted by Gasteiger charge is 2.59. The van der Waals surface area contributed by atoms with Crippen LogP contribution in [0.25, 0.3) is 4.85 Å². The summed E-state index contributed by atoms with van der Waals surface area (Å²) >= 11 is 0. The molecule has 0 radical (unpaired) electrons. The molecule has 4 rings (SSSR count). The normalized spacial score (nSPS) is 20.9. The van der Waals surface area contributed by atoms with E-state index in [1.54, 1.807) is 34.6 Å². The SMILES string of the molecule is [C-]#[N+][C@@H]1C[C@@]2(CN1C(=O)[C@H](Cc1ccccc1)N(C)C(=O)[C@H](NC(=O)OC(C)(C)C)C(C)C)C(=O)Nc1ccccc12. The molecule has 42 heavy (non-hydrogen) atoms. The Balaban J connectivity index is 1.66. The standard InChI is InChI=1S/C32H39N5O5/c1-20(2)26(35-30(41)42-31(3,4)5)28(39)36(7)24(17-21-13-9-8-10-14-21)27(38)37-19-32(18-25(37)33-6)22-15-11-12-16-23(22)34-29(32)40/h8-16,20,24-26H,17-19H2,1-5,7H3,(H,34,40)(H,35,41)/t24-,25-,26+,32-/m0/s1. The van der Waals surface area contributed by atoms with Gasteiger partial charge in [0.1, 0.15) is 23.1 Å². The lowest BCUT2D eigenvalue weighted by molar-refractivity contribution is -0.146. The fraction of sp³-hybridized carbons (Fsp3) is 0.469. The fourth-order valence-corrected chi connectivity index (χ4v) is 5.70. The van der Waals surface area contributed by atoms with Crippen LogP contribution in [0.1, 0.15) is 52.2 Å². The van der Waals surface area contributed by atoms with Crippen LogP contribution in [0.15, 0.2) is 54.6 Å². The van der Waals surface area contributed by atoms with E-state index >= 15 is 0 Å². The number of carbonyl (C=O) groups is 4. The first-order valence-electron chi connectivity index (χ1n) is 14.2. The van der Waals surface area contributed by atoms with Crippen LogP contribution in [0.3, 0.4) is 0 Å². The van der Waals surface area contributed by atoms with Gasteiger partial charge in [0.2, 0.25) is 11.8 Å². The lowest BCUT2D eigenvalue weighted by Crippen LogP contribution is -2.58. The predicted octanol–water partition coefficient (Wildman–Crippen LogP) is 3.97. The Morgan fingerprint density at radius 2 is 1.79 bits per heavy atom. The van der Waals surface area contributed by atoms with E-state index in [0.717, 1.165) is 11.1 Å². The van der Waals surface area contributed by atoms with E-state index in [2.05, 4.69) is 15.5 Å². The first-order valence-corrected chi connectivity index (χ1v) is 14.2. The quantitative estimate of drug-likeness (QED) is 0.487. The average Bonchev–Trinajstić information content (AvgIpc) is 3.46. The Labute approximate surface area is 247 Å². The summed E-state index contributed by atoms with van der Waals surface area (Å²) in [7, 11) is 1.54. The Morgan fingerprint density at radius 1 is 1.14 bits per heavy atom. The predicted molar refractivity (Wildman–Crippen MR) is 158 cm³/mol. The zero-order valence-electron chi connectivity index (χ0n) is 25.0. The van der Waals surface area contributed by atoms with Gasteiger partial charge in [0.05, 0.1) is 6.42 Å². The van der Waals surface area contributed by atoms with E-state index in [0.29, 0.717) is 5.69 Å². The van der Waals surface area contributed by atoms with E-state index in [4.69, 9.17) is 11.3 Å². The van der Waals surface area contributed by atoms with Crippen molar-refractivity contribution in [3.05, 3.63) is 77.1 Å². The third-order valence-electron chi connectivity index (χ3n) is 7.87. The van der Waals surface area contributed by atoms with Crippen molar-refractivity contribution < 1.29 is 23.9 Å². The van der Waals surface area contributed by atoms with Gasteiger partial charge in [0.15, 0.2) is 0 Å². The zero-order valence-corrected chi connectivity index (χ0v) is 25.0. The largest absolute Gasteiger partial charge is 0.444 e. The minimum atomic E-state index is -1.04. The fourth-order valence-electron chi connectivity index (χ4n) is 5.70. The van der Waals surface area contributed by atoms with Crippen molar-refractivity contribution in [3.63, 3.8) is 0 Å². The lowest BCUT2D eigenvalue weighted by Gasteiger charge is -2.34. The van der Waals surface area contributed by atoms with Crippen molar-refractivity contribution in [2.24, 2.45) is 5.92 Å². The third kappa shape index (κ3) is 6.10. The molecule has 2 aromatic carbocycles. The molecule has 10 nitrogen and oxygen atoms in total. The molecule has 0 aliphatic carbocycles. The van der Waals surface area contributed by atoms with Gasteiger partial charge in [-0.1, -0.05) is 62.4 Å². The highest BCUT2D eigenvalue weighted by atomic mass is 16.6. The van der Waals surface area contributed by atoms with Gasteiger partial charge < -0.3 is 20.3 Å². The van der Waals surface area contributed by atoms with Crippen LogP contribution in [0.5, 0.6) is 0 Å². The molecule has 2 aromatic rings. The average molecular weight is 574 g/mol. The van der Waals surface area contributed by atoms with Gasteiger partial charge in [-0.15, -0.1) is 0 Å². The molecule has 1 spiro atoms. The molecule has 0 unspecified atom stereocenters. The number of nitrogens with zero attached hydrogens (tertiary/aromatic N) is 3. The number of likely N-dealkylation sites (N-methyl/N-ethyl adjacent to an activating group) is 1.